The molecular formula is C14H22IN3O2. The number of hydrogen-bond donors (Lipinski definition) is 0. The van der Waals surface area contributed by atoms with E-state index >= 15 is 0 Å². The second kappa shape index (κ2) is 5.54. The molecule has 2 rings (SSSR count). The second-order valence-corrected chi connectivity index (χ2v) is 7.43. The van der Waals surface area contributed by atoms with E-state index in [-0.39, 0.29) is 6.09 Å². The monoisotopic (exact) mass is 391 g/mol. The van der Waals surface area contributed by atoms with Crippen molar-refractivity contribution in [3.05, 3.63) is 15.0 Å². The van der Waals surface area contributed by atoms with Gasteiger partial charge in [-0.1, -0.05) is 0 Å². The standard InChI is InChI=1S/C14H22IN3O2/c1-9(2)18-11-6-7-17(8-10(11)12(15)16-18)13(19)20-14(3,4)5/h9H,6-8H2,1-5H3. The summed E-state index contributed by atoms with van der Waals surface area (Å²) in [6.45, 7) is 11.2. The number of hydrogen-bond acceptors (Lipinski definition) is 3. The first-order valence-corrected chi connectivity index (χ1v) is 8.00. The molecule has 0 aliphatic carbocycles. The molecule has 0 atom stereocenters. The Morgan fingerprint density at radius 1 is 1.40 bits per heavy atom. The van der Waals surface area contributed by atoms with Crippen LogP contribution < -0.4 is 0 Å². The van der Waals surface area contributed by atoms with Crippen LogP contribution in [0.5, 0.6) is 0 Å². The van der Waals surface area contributed by atoms with Crippen LogP contribution in [-0.4, -0.2) is 32.9 Å². The van der Waals surface area contributed by atoms with Crippen LogP contribution in [0, 0.1) is 3.70 Å². The summed E-state index contributed by atoms with van der Waals surface area (Å²) in [6.07, 6.45) is 0.596. The number of fused-ring (bicyclic) bond motifs is 1. The van der Waals surface area contributed by atoms with Crippen molar-refractivity contribution in [1.29, 1.82) is 0 Å². The SMILES string of the molecule is CC(C)n1nc(I)c2c1CCN(C(=O)OC(C)(C)C)C2. The van der Waals surface area contributed by atoms with Crippen LogP contribution >= 0.6 is 22.6 Å². The molecule has 6 heteroatoms. The molecule has 0 spiro atoms. The Balaban J connectivity index is 2.17. The predicted molar refractivity (Wildman–Crippen MR) is 85.7 cm³/mol. The minimum atomic E-state index is -0.452. The van der Waals surface area contributed by atoms with Gasteiger partial charge >= 0.3 is 6.09 Å². The van der Waals surface area contributed by atoms with Crippen LogP contribution in [0.3, 0.4) is 0 Å². The van der Waals surface area contributed by atoms with Gasteiger partial charge < -0.3 is 9.64 Å². The Morgan fingerprint density at radius 2 is 2.05 bits per heavy atom. The maximum absolute atomic E-state index is 12.1. The van der Waals surface area contributed by atoms with E-state index in [1.165, 1.54) is 5.69 Å². The molecule has 0 bridgehead atoms. The summed E-state index contributed by atoms with van der Waals surface area (Å²) in [5.41, 5.74) is 1.97. The van der Waals surface area contributed by atoms with Crippen molar-refractivity contribution in [1.82, 2.24) is 14.7 Å². The van der Waals surface area contributed by atoms with E-state index in [0.29, 0.717) is 19.1 Å². The molecule has 0 saturated carbocycles. The van der Waals surface area contributed by atoms with Gasteiger partial charge in [0.15, 0.2) is 0 Å². The smallest absolute Gasteiger partial charge is 0.410 e. The number of ether oxygens (including phenoxy) is 1. The summed E-state index contributed by atoms with van der Waals surface area (Å²) in [5.74, 6) is 0. The largest absolute Gasteiger partial charge is 0.444 e. The highest BCUT2D eigenvalue weighted by molar-refractivity contribution is 14.1. The fourth-order valence-electron chi connectivity index (χ4n) is 2.31. The van der Waals surface area contributed by atoms with Crippen LogP contribution in [0.15, 0.2) is 0 Å². The van der Waals surface area contributed by atoms with Gasteiger partial charge in [0.25, 0.3) is 0 Å². The molecule has 1 aromatic rings. The van der Waals surface area contributed by atoms with E-state index < -0.39 is 5.60 Å². The lowest BCUT2D eigenvalue weighted by atomic mass is 10.1. The van der Waals surface area contributed by atoms with Crippen LogP contribution in [0.4, 0.5) is 4.79 Å². The summed E-state index contributed by atoms with van der Waals surface area (Å²) in [5, 5.41) is 4.58. The van der Waals surface area contributed by atoms with Gasteiger partial charge in [-0.3, -0.25) is 4.68 Å². The van der Waals surface area contributed by atoms with Gasteiger partial charge in [-0.25, -0.2) is 4.79 Å². The fourth-order valence-corrected chi connectivity index (χ4v) is 3.03. The quantitative estimate of drug-likeness (QED) is 0.690. The molecule has 20 heavy (non-hydrogen) atoms. The zero-order chi connectivity index (χ0) is 15.1. The summed E-state index contributed by atoms with van der Waals surface area (Å²) >= 11 is 2.25. The number of aromatic nitrogens is 2. The summed E-state index contributed by atoms with van der Waals surface area (Å²) in [4.78, 5) is 13.9. The van der Waals surface area contributed by atoms with Crippen molar-refractivity contribution in [3.8, 4) is 0 Å². The molecule has 2 heterocycles. The highest BCUT2D eigenvalue weighted by Gasteiger charge is 2.29. The van der Waals surface area contributed by atoms with E-state index in [1.54, 1.807) is 4.90 Å². The van der Waals surface area contributed by atoms with Crippen molar-refractivity contribution in [2.45, 2.75) is 59.2 Å². The topological polar surface area (TPSA) is 47.4 Å². The molecule has 1 aromatic heterocycles. The molecule has 0 unspecified atom stereocenters. The van der Waals surface area contributed by atoms with Gasteiger partial charge in [0.1, 0.15) is 9.30 Å². The molecule has 0 saturated heterocycles. The first-order valence-electron chi connectivity index (χ1n) is 6.92. The molecule has 0 aromatic carbocycles. The van der Waals surface area contributed by atoms with Crippen LogP contribution in [0.25, 0.3) is 0 Å². The third-order valence-corrected chi connectivity index (χ3v) is 4.04. The zero-order valence-corrected chi connectivity index (χ0v) is 14.9. The van der Waals surface area contributed by atoms with Crippen LogP contribution in [0.2, 0.25) is 0 Å². The van der Waals surface area contributed by atoms with Crippen LogP contribution in [-0.2, 0) is 17.7 Å². The number of rotatable bonds is 1. The molecule has 1 amide bonds. The molecule has 1 aliphatic heterocycles. The van der Waals surface area contributed by atoms with Crippen LogP contribution in [0.1, 0.15) is 51.9 Å². The van der Waals surface area contributed by atoms with E-state index in [0.717, 1.165) is 15.7 Å². The number of nitrogens with zero attached hydrogens (tertiary/aromatic N) is 3. The minimum absolute atomic E-state index is 0.240. The van der Waals surface area contributed by atoms with Crippen molar-refractivity contribution < 1.29 is 9.53 Å². The predicted octanol–water partition coefficient (Wildman–Crippen LogP) is 3.36. The third-order valence-electron chi connectivity index (χ3n) is 3.18. The Kier molecular flexibility index (Phi) is 4.32. The summed E-state index contributed by atoms with van der Waals surface area (Å²) < 4.78 is 8.50. The molecule has 0 radical (unpaired) electrons. The number of carbonyl (C=O) groups excluding carboxylic acids is 1. The lowest BCUT2D eigenvalue weighted by Gasteiger charge is -2.30. The summed E-state index contributed by atoms with van der Waals surface area (Å²) in [6, 6.07) is 0.348. The van der Waals surface area contributed by atoms with Gasteiger partial charge in [-0.2, -0.15) is 5.10 Å². The average Bonchev–Trinajstić information content (AvgIpc) is 2.64. The second-order valence-electron chi connectivity index (χ2n) is 6.41. The average molecular weight is 391 g/mol. The molecule has 0 fully saturated rings. The van der Waals surface area contributed by atoms with Gasteiger partial charge in [-0.15, -0.1) is 0 Å². The summed E-state index contributed by atoms with van der Waals surface area (Å²) in [7, 11) is 0. The zero-order valence-electron chi connectivity index (χ0n) is 12.7. The first-order chi connectivity index (χ1) is 9.19. The number of carbonyl (C=O) groups is 1. The Hall–Kier alpha value is -0.790. The normalized spacial score (nSPS) is 15.4. The van der Waals surface area contributed by atoms with Crippen molar-refractivity contribution in [2.24, 2.45) is 0 Å². The Bertz CT molecular complexity index is 517. The van der Waals surface area contributed by atoms with Gasteiger partial charge in [-0.05, 0) is 57.2 Å². The maximum Gasteiger partial charge on any atom is 0.410 e. The molecule has 0 N–H and O–H groups in total. The highest BCUT2D eigenvalue weighted by atomic mass is 127. The number of halogens is 1. The Labute approximate surface area is 133 Å². The molecular weight excluding hydrogens is 369 g/mol. The van der Waals surface area contributed by atoms with Gasteiger partial charge in [0.05, 0.1) is 6.54 Å². The van der Waals surface area contributed by atoms with E-state index in [2.05, 4.69) is 46.2 Å². The van der Waals surface area contributed by atoms with E-state index in [4.69, 9.17) is 4.74 Å². The van der Waals surface area contributed by atoms with Gasteiger partial charge in [0.2, 0.25) is 0 Å². The lowest BCUT2D eigenvalue weighted by molar-refractivity contribution is 0.0222. The van der Waals surface area contributed by atoms with Gasteiger partial charge in [0, 0.05) is 30.3 Å². The van der Waals surface area contributed by atoms with E-state index in [1.807, 2.05) is 20.8 Å². The third kappa shape index (κ3) is 3.27. The maximum atomic E-state index is 12.1. The lowest BCUT2D eigenvalue weighted by Crippen LogP contribution is -2.40. The van der Waals surface area contributed by atoms with Crippen molar-refractivity contribution in [2.75, 3.05) is 6.54 Å². The van der Waals surface area contributed by atoms with Crippen molar-refractivity contribution >= 4 is 28.7 Å². The highest BCUT2D eigenvalue weighted by Crippen LogP contribution is 2.27. The Morgan fingerprint density at radius 3 is 2.60 bits per heavy atom. The fraction of sp³-hybridized carbons (Fsp3) is 0.714. The molecule has 1 aliphatic rings. The molecule has 112 valence electrons. The molecule has 5 nitrogen and oxygen atoms in total. The number of amides is 1. The van der Waals surface area contributed by atoms with E-state index in [9.17, 15) is 4.79 Å². The van der Waals surface area contributed by atoms with Crippen molar-refractivity contribution in [3.63, 3.8) is 0 Å². The minimum Gasteiger partial charge on any atom is -0.444 e. The first kappa shape index (κ1) is 15.6.